The number of nitro groups is 1. The van der Waals surface area contributed by atoms with Crippen molar-refractivity contribution >= 4 is 17.4 Å². The lowest BCUT2D eigenvalue weighted by molar-refractivity contribution is -0.384. The summed E-state index contributed by atoms with van der Waals surface area (Å²) in [6.45, 7) is 0. The molecular formula is C10H7NO4. The Morgan fingerprint density at radius 2 is 2.20 bits per heavy atom. The molecule has 0 unspecified atom stereocenters. The highest BCUT2D eigenvalue weighted by atomic mass is 16.6. The Kier molecular flexibility index (Phi) is 2.21. The predicted molar refractivity (Wildman–Crippen MR) is 51.8 cm³/mol. The summed E-state index contributed by atoms with van der Waals surface area (Å²) in [7, 11) is 0. The van der Waals surface area contributed by atoms with E-state index in [1.54, 1.807) is 18.2 Å². The van der Waals surface area contributed by atoms with E-state index in [9.17, 15) is 14.9 Å². The Hall–Kier alpha value is -2.17. The van der Waals surface area contributed by atoms with Gasteiger partial charge in [-0.1, -0.05) is 12.1 Å². The van der Waals surface area contributed by atoms with Gasteiger partial charge in [-0.15, -0.1) is 0 Å². The van der Waals surface area contributed by atoms with Gasteiger partial charge in [0.2, 0.25) is 0 Å². The number of carbonyl (C=O) groups is 1. The second-order valence-corrected chi connectivity index (χ2v) is 3.05. The molecule has 1 aliphatic rings. The van der Waals surface area contributed by atoms with Crippen LogP contribution in [0.15, 0.2) is 30.3 Å². The number of hydrogen-bond acceptors (Lipinski definition) is 4. The number of nitro benzene ring substituents is 1. The number of benzene rings is 1. The second-order valence-electron chi connectivity index (χ2n) is 3.05. The molecule has 1 aromatic carbocycles. The number of rotatable bonds is 2. The Morgan fingerprint density at radius 1 is 1.40 bits per heavy atom. The number of esters is 1. The number of cyclic esters (lactones) is 1. The molecule has 0 amide bonds. The molecule has 76 valence electrons. The number of carbonyl (C=O) groups excluding carboxylic acids is 1. The van der Waals surface area contributed by atoms with Gasteiger partial charge in [0.15, 0.2) is 0 Å². The third kappa shape index (κ3) is 1.85. The zero-order valence-electron chi connectivity index (χ0n) is 7.67. The lowest BCUT2D eigenvalue weighted by atomic mass is 10.1. The van der Waals surface area contributed by atoms with Gasteiger partial charge < -0.3 is 4.74 Å². The van der Waals surface area contributed by atoms with Gasteiger partial charge in [0, 0.05) is 17.7 Å². The molecule has 0 fully saturated rings. The van der Waals surface area contributed by atoms with Crippen LogP contribution in [0.2, 0.25) is 0 Å². The molecule has 1 aliphatic heterocycles. The maximum atomic E-state index is 10.8. The summed E-state index contributed by atoms with van der Waals surface area (Å²) in [4.78, 5) is 20.9. The summed E-state index contributed by atoms with van der Waals surface area (Å²) in [5, 5.41) is 10.5. The minimum absolute atomic E-state index is 0.0173. The van der Waals surface area contributed by atoms with Crippen molar-refractivity contribution in [1.82, 2.24) is 0 Å². The lowest BCUT2D eigenvalue weighted by Crippen LogP contribution is -1.94. The van der Waals surface area contributed by atoms with E-state index < -0.39 is 4.92 Å². The smallest absolute Gasteiger partial charge is 0.315 e. The molecule has 0 spiro atoms. The van der Waals surface area contributed by atoms with Crippen molar-refractivity contribution in [2.24, 2.45) is 0 Å². The van der Waals surface area contributed by atoms with Crippen LogP contribution in [0.25, 0.3) is 5.76 Å². The molecule has 0 radical (unpaired) electrons. The summed E-state index contributed by atoms with van der Waals surface area (Å²) in [5.41, 5.74) is 0.534. The molecule has 0 N–H and O–H groups in total. The van der Waals surface area contributed by atoms with Gasteiger partial charge >= 0.3 is 5.97 Å². The highest BCUT2D eigenvalue weighted by Crippen LogP contribution is 2.25. The van der Waals surface area contributed by atoms with Crippen molar-refractivity contribution in [1.29, 1.82) is 0 Å². The van der Waals surface area contributed by atoms with Crippen LogP contribution in [-0.4, -0.2) is 10.9 Å². The average Bonchev–Trinajstić information content (AvgIpc) is 2.65. The maximum Gasteiger partial charge on any atom is 0.315 e. The minimum atomic E-state index is -0.485. The highest BCUT2D eigenvalue weighted by Gasteiger charge is 2.17. The van der Waals surface area contributed by atoms with Crippen LogP contribution in [0.3, 0.4) is 0 Å². The van der Waals surface area contributed by atoms with E-state index in [0.29, 0.717) is 11.3 Å². The van der Waals surface area contributed by atoms with Crippen molar-refractivity contribution < 1.29 is 14.5 Å². The van der Waals surface area contributed by atoms with Gasteiger partial charge in [-0.05, 0) is 6.08 Å². The number of non-ortho nitro benzene ring substituents is 1. The van der Waals surface area contributed by atoms with Gasteiger partial charge in [-0.25, -0.2) is 0 Å². The molecule has 0 saturated carbocycles. The van der Waals surface area contributed by atoms with Crippen molar-refractivity contribution in [3.8, 4) is 0 Å². The molecule has 0 aromatic heterocycles. The van der Waals surface area contributed by atoms with Gasteiger partial charge in [-0.2, -0.15) is 0 Å². The van der Waals surface area contributed by atoms with Gasteiger partial charge in [0.25, 0.3) is 5.69 Å². The van der Waals surface area contributed by atoms with E-state index in [-0.39, 0.29) is 18.1 Å². The second kappa shape index (κ2) is 3.53. The SMILES string of the molecule is O=C1CC=C(c2cccc([N+](=O)[O-])c2)O1. The van der Waals surface area contributed by atoms with E-state index in [4.69, 9.17) is 4.74 Å². The molecule has 0 saturated heterocycles. The number of ether oxygens (including phenoxy) is 1. The Labute approximate surface area is 85.1 Å². The van der Waals surface area contributed by atoms with E-state index in [1.807, 2.05) is 0 Å². The topological polar surface area (TPSA) is 69.4 Å². The van der Waals surface area contributed by atoms with Crippen LogP contribution < -0.4 is 0 Å². The fourth-order valence-corrected chi connectivity index (χ4v) is 1.33. The van der Waals surface area contributed by atoms with Crippen LogP contribution in [-0.2, 0) is 9.53 Å². The van der Waals surface area contributed by atoms with E-state index in [2.05, 4.69) is 0 Å². The zero-order chi connectivity index (χ0) is 10.8. The molecule has 1 heterocycles. The Balaban J connectivity index is 2.33. The van der Waals surface area contributed by atoms with Crippen LogP contribution in [0.1, 0.15) is 12.0 Å². The first-order chi connectivity index (χ1) is 7.16. The molecule has 15 heavy (non-hydrogen) atoms. The van der Waals surface area contributed by atoms with Crippen LogP contribution in [0.4, 0.5) is 5.69 Å². The number of hydrogen-bond donors (Lipinski definition) is 0. The molecule has 0 atom stereocenters. The van der Waals surface area contributed by atoms with E-state index in [0.717, 1.165) is 0 Å². The first kappa shape index (κ1) is 9.39. The standard InChI is InChI=1S/C10H7NO4/c12-10-5-4-9(15-10)7-2-1-3-8(6-7)11(13)14/h1-4,6H,5H2. The monoisotopic (exact) mass is 205 g/mol. The summed E-state index contributed by atoms with van der Waals surface area (Å²) < 4.78 is 4.88. The molecule has 0 aliphatic carbocycles. The quantitative estimate of drug-likeness (QED) is 0.420. The zero-order valence-corrected chi connectivity index (χ0v) is 7.67. The molecule has 0 bridgehead atoms. The van der Waals surface area contributed by atoms with E-state index >= 15 is 0 Å². The molecule has 1 aromatic rings. The van der Waals surface area contributed by atoms with Crippen LogP contribution in [0, 0.1) is 10.1 Å². The first-order valence-electron chi connectivity index (χ1n) is 4.32. The van der Waals surface area contributed by atoms with Gasteiger partial charge in [0.1, 0.15) is 5.76 Å². The molecule has 5 heteroatoms. The summed E-state index contributed by atoms with van der Waals surface area (Å²) in [5.74, 6) is 0.0557. The summed E-state index contributed by atoms with van der Waals surface area (Å²) in [6, 6.07) is 5.99. The summed E-state index contributed by atoms with van der Waals surface area (Å²) in [6.07, 6.45) is 1.83. The molecule has 2 rings (SSSR count). The minimum Gasteiger partial charge on any atom is -0.426 e. The fraction of sp³-hybridized carbons (Fsp3) is 0.100. The van der Waals surface area contributed by atoms with Crippen molar-refractivity contribution in [2.75, 3.05) is 0 Å². The lowest BCUT2D eigenvalue weighted by Gasteiger charge is -2.01. The molecule has 5 nitrogen and oxygen atoms in total. The largest absolute Gasteiger partial charge is 0.426 e. The average molecular weight is 205 g/mol. The number of nitrogens with zero attached hydrogens (tertiary/aromatic N) is 1. The Bertz CT molecular complexity index is 464. The predicted octanol–water partition coefficient (Wildman–Crippen LogP) is 1.88. The Morgan fingerprint density at radius 3 is 2.80 bits per heavy atom. The van der Waals surface area contributed by atoms with Crippen molar-refractivity contribution in [3.05, 3.63) is 46.0 Å². The van der Waals surface area contributed by atoms with Crippen LogP contribution >= 0.6 is 0 Å². The van der Waals surface area contributed by atoms with Crippen LogP contribution in [0.5, 0.6) is 0 Å². The molecular weight excluding hydrogens is 198 g/mol. The van der Waals surface area contributed by atoms with E-state index in [1.165, 1.54) is 12.1 Å². The van der Waals surface area contributed by atoms with Gasteiger partial charge in [0.05, 0.1) is 11.3 Å². The summed E-state index contributed by atoms with van der Waals surface area (Å²) >= 11 is 0. The fourth-order valence-electron chi connectivity index (χ4n) is 1.33. The third-order valence-corrected chi connectivity index (χ3v) is 2.02. The normalized spacial score (nSPS) is 14.7. The third-order valence-electron chi connectivity index (χ3n) is 2.02. The van der Waals surface area contributed by atoms with Crippen molar-refractivity contribution in [2.45, 2.75) is 6.42 Å². The van der Waals surface area contributed by atoms with Gasteiger partial charge in [-0.3, -0.25) is 14.9 Å². The maximum absolute atomic E-state index is 10.8. The van der Waals surface area contributed by atoms with Crippen molar-refractivity contribution in [3.63, 3.8) is 0 Å². The first-order valence-corrected chi connectivity index (χ1v) is 4.32. The highest BCUT2D eigenvalue weighted by molar-refractivity contribution is 5.85.